The third kappa shape index (κ3) is 4.85. The fourth-order valence-corrected chi connectivity index (χ4v) is 2.62. The smallest absolute Gasteiger partial charge is 0.345 e. The lowest BCUT2D eigenvalue weighted by Crippen LogP contribution is -2.15. The van der Waals surface area contributed by atoms with Crippen molar-refractivity contribution in [3.8, 4) is 11.5 Å². The lowest BCUT2D eigenvalue weighted by molar-refractivity contribution is -0.385. The number of aryl methyl sites for hydroxylation is 1. The Labute approximate surface area is 162 Å². The number of rotatable bonds is 9. The number of ketones is 1. The molecule has 0 aliphatic heterocycles. The van der Waals surface area contributed by atoms with Crippen LogP contribution >= 0.6 is 0 Å². The van der Waals surface area contributed by atoms with E-state index < -0.39 is 29.0 Å². The van der Waals surface area contributed by atoms with Gasteiger partial charge in [-0.05, 0) is 12.0 Å². The second-order valence-electron chi connectivity index (χ2n) is 5.93. The molecule has 0 N–H and O–H groups in total. The average molecular weight is 387 g/mol. The van der Waals surface area contributed by atoms with Gasteiger partial charge in [0.2, 0.25) is 0 Å². The summed E-state index contributed by atoms with van der Waals surface area (Å²) in [6.07, 6.45) is 1.90. The first-order valence-electron chi connectivity index (χ1n) is 8.60. The molecule has 2 aromatic rings. The number of ether oxygens (including phenoxy) is 3. The predicted octanol–water partition coefficient (Wildman–Crippen LogP) is 3.60. The summed E-state index contributed by atoms with van der Waals surface area (Å²) in [5, 5.41) is 11.3. The molecule has 0 atom stereocenters. The second-order valence-corrected chi connectivity index (χ2v) is 5.93. The zero-order chi connectivity index (χ0) is 20.7. The van der Waals surface area contributed by atoms with Gasteiger partial charge in [-0.2, -0.15) is 0 Å². The van der Waals surface area contributed by atoms with E-state index >= 15 is 0 Å². The molecular formula is C20H21NO7. The number of benzene rings is 2. The number of Topliss-reactive ketones (excluding diaryl/α,β-unsaturated/α-hetero) is 1. The highest BCUT2D eigenvalue weighted by Gasteiger charge is 2.26. The largest absolute Gasteiger partial charge is 0.493 e. The first-order valence-corrected chi connectivity index (χ1v) is 8.60. The quantitative estimate of drug-likeness (QED) is 0.280. The van der Waals surface area contributed by atoms with Crippen molar-refractivity contribution in [1.82, 2.24) is 0 Å². The molecule has 2 aromatic carbocycles. The van der Waals surface area contributed by atoms with Crippen LogP contribution in [-0.2, 0) is 11.2 Å². The number of nitrogens with zero attached hydrogens (tertiary/aromatic N) is 1. The van der Waals surface area contributed by atoms with Crippen LogP contribution in [0.25, 0.3) is 0 Å². The van der Waals surface area contributed by atoms with Gasteiger partial charge in [0.25, 0.3) is 5.69 Å². The summed E-state index contributed by atoms with van der Waals surface area (Å²) in [7, 11) is 2.66. The Kier molecular flexibility index (Phi) is 7.08. The van der Waals surface area contributed by atoms with E-state index in [9.17, 15) is 19.7 Å². The van der Waals surface area contributed by atoms with Gasteiger partial charge in [0.15, 0.2) is 23.9 Å². The zero-order valence-corrected chi connectivity index (χ0v) is 15.9. The van der Waals surface area contributed by atoms with Gasteiger partial charge in [0.05, 0.1) is 25.2 Å². The van der Waals surface area contributed by atoms with Crippen LogP contribution in [0.3, 0.4) is 0 Å². The zero-order valence-electron chi connectivity index (χ0n) is 15.9. The first-order chi connectivity index (χ1) is 13.4. The van der Waals surface area contributed by atoms with Gasteiger partial charge in [0.1, 0.15) is 5.56 Å². The molecule has 8 nitrogen and oxygen atoms in total. The Morgan fingerprint density at radius 2 is 1.64 bits per heavy atom. The Morgan fingerprint density at radius 1 is 1.04 bits per heavy atom. The van der Waals surface area contributed by atoms with Crippen molar-refractivity contribution >= 4 is 17.4 Å². The molecule has 0 aliphatic rings. The number of esters is 1. The van der Waals surface area contributed by atoms with Crippen molar-refractivity contribution in [2.24, 2.45) is 0 Å². The molecule has 0 saturated carbocycles. The van der Waals surface area contributed by atoms with Crippen LogP contribution in [-0.4, -0.2) is 37.5 Å². The molecule has 0 unspecified atom stereocenters. The topological polar surface area (TPSA) is 105 Å². The summed E-state index contributed by atoms with van der Waals surface area (Å²) >= 11 is 0. The lowest BCUT2D eigenvalue weighted by atomic mass is 10.1. The van der Waals surface area contributed by atoms with Gasteiger partial charge in [-0.25, -0.2) is 4.79 Å². The number of carbonyl (C=O) groups is 2. The van der Waals surface area contributed by atoms with Gasteiger partial charge in [-0.3, -0.25) is 14.9 Å². The van der Waals surface area contributed by atoms with Crippen LogP contribution in [0.1, 0.15) is 39.6 Å². The molecule has 2 rings (SSSR count). The van der Waals surface area contributed by atoms with Gasteiger partial charge < -0.3 is 14.2 Å². The minimum Gasteiger partial charge on any atom is -0.493 e. The van der Waals surface area contributed by atoms with Crippen LogP contribution < -0.4 is 9.47 Å². The molecule has 0 saturated heterocycles. The van der Waals surface area contributed by atoms with Crippen molar-refractivity contribution in [2.45, 2.75) is 19.8 Å². The Balaban J connectivity index is 2.15. The molecule has 0 aliphatic carbocycles. The third-order valence-corrected chi connectivity index (χ3v) is 4.07. The number of nitro groups is 1. The van der Waals surface area contributed by atoms with Crippen LogP contribution in [0, 0.1) is 10.1 Å². The normalized spacial score (nSPS) is 10.2. The molecule has 0 aromatic heterocycles. The van der Waals surface area contributed by atoms with Crippen molar-refractivity contribution in [3.05, 3.63) is 63.2 Å². The van der Waals surface area contributed by atoms with Gasteiger partial charge >= 0.3 is 5.97 Å². The second kappa shape index (κ2) is 9.50. The summed E-state index contributed by atoms with van der Waals surface area (Å²) in [5.74, 6) is -1.16. The van der Waals surface area contributed by atoms with E-state index in [2.05, 4.69) is 6.92 Å². The monoisotopic (exact) mass is 387 g/mol. The van der Waals surface area contributed by atoms with Crippen molar-refractivity contribution in [1.29, 1.82) is 0 Å². The van der Waals surface area contributed by atoms with Gasteiger partial charge in [0, 0.05) is 11.6 Å². The highest BCUT2D eigenvalue weighted by Crippen LogP contribution is 2.34. The molecular weight excluding hydrogens is 366 g/mol. The molecule has 0 amide bonds. The number of nitro benzene ring substituents is 1. The molecule has 0 radical (unpaired) electrons. The average Bonchev–Trinajstić information content (AvgIpc) is 2.71. The fourth-order valence-electron chi connectivity index (χ4n) is 2.62. The van der Waals surface area contributed by atoms with Crippen molar-refractivity contribution < 1.29 is 28.7 Å². The standard InChI is InChI=1S/C20H21NO7/c1-4-5-13-6-8-14(9-7-13)17(22)12-28-20(23)15-10-18(26-2)19(27-3)11-16(15)21(24)25/h6-11H,4-5,12H2,1-3H3. The summed E-state index contributed by atoms with van der Waals surface area (Å²) in [6, 6.07) is 9.25. The van der Waals surface area contributed by atoms with E-state index in [4.69, 9.17) is 14.2 Å². The maximum Gasteiger partial charge on any atom is 0.345 e. The number of hydrogen-bond acceptors (Lipinski definition) is 7. The summed E-state index contributed by atoms with van der Waals surface area (Å²) in [4.78, 5) is 35.1. The maximum absolute atomic E-state index is 12.3. The van der Waals surface area contributed by atoms with E-state index in [0.717, 1.165) is 30.5 Å². The molecule has 0 spiro atoms. The molecule has 28 heavy (non-hydrogen) atoms. The molecule has 0 heterocycles. The van der Waals surface area contributed by atoms with Crippen LogP contribution in [0.4, 0.5) is 5.69 Å². The number of methoxy groups -OCH3 is 2. The summed E-state index contributed by atoms with van der Waals surface area (Å²) in [6.45, 7) is 1.53. The highest BCUT2D eigenvalue weighted by molar-refractivity contribution is 6.00. The minimum absolute atomic E-state index is 0.106. The Bertz CT molecular complexity index is 875. The van der Waals surface area contributed by atoms with E-state index in [1.807, 2.05) is 12.1 Å². The predicted molar refractivity (Wildman–Crippen MR) is 101 cm³/mol. The summed E-state index contributed by atoms with van der Waals surface area (Å²) in [5.41, 5.74) is 0.680. The minimum atomic E-state index is -0.997. The van der Waals surface area contributed by atoms with Crippen LogP contribution in [0.2, 0.25) is 0 Å². The lowest BCUT2D eigenvalue weighted by Gasteiger charge is -2.10. The highest BCUT2D eigenvalue weighted by atomic mass is 16.6. The molecule has 0 bridgehead atoms. The molecule has 8 heteroatoms. The fraction of sp³-hybridized carbons (Fsp3) is 0.300. The van der Waals surface area contributed by atoms with Gasteiger partial charge in [-0.15, -0.1) is 0 Å². The van der Waals surface area contributed by atoms with E-state index in [1.54, 1.807) is 12.1 Å². The number of hydrogen-bond donors (Lipinski definition) is 0. The maximum atomic E-state index is 12.3. The van der Waals surface area contributed by atoms with Crippen molar-refractivity contribution in [3.63, 3.8) is 0 Å². The molecule has 0 fully saturated rings. The van der Waals surface area contributed by atoms with E-state index in [1.165, 1.54) is 14.2 Å². The van der Waals surface area contributed by atoms with E-state index in [-0.39, 0.29) is 17.1 Å². The Morgan fingerprint density at radius 3 is 2.18 bits per heavy atom. The number of carbonyl (C=O) groups excluding carboxylic acids is 2. The molecule has 148 valence electrons. The SMILES string of the molecule is CCCc1ccc(C(=O)COC(=O)c2cc(OC)c(OC)cc2[N+](=O)[O-])cc1. The van der Waals surface area contributed by atoms with Gasteiger partial charge in [-0.1, -0.05) is 37.6 Å². The van der Waals surface area contributed by atoms with Crippen molar-refractivity contribution in [2.75, 3.05) is 20.8 Å². The van der Waals surface area contributed by atoms with Crippen LogP contribution in [0.15, 0.2) is 36.4 Å². The van der Waals surface area contributed by atoms with E-state index in [0.29, 0.717) is 5.56 Å². The summed E-state index contributed by atoms with van der Waals surface area (Å²) < 4.78 is 15.1. The Hall–Kier alpha value is -3.42. The van der Waals surface area contributed by atoms with Crippen LogP contribution in [0.5, 0.6) is 11.5 Å². The first kappa shape index (κ1) is 20.9. The third-order valence-electron chi connectivity index (χ3n) is 4.07.